The van der Waals surface area contributed by atoms with E-state index in [0.717, 1.165) is 57.9 Å². The molecule has 0 saturated carbocycles. The van der Waals surface area contributed by atoms with Crippen LogP contribution in [0.25, 0.3) is 0 Å². The standard InChI is InChI=1S/C17H25N3O2/c1-13-8-15-11-20(12-16(15)9-18-13)17(21)14-4-3-5-19(10-14)6-7-22-2/h8-9,14H,3-7,10-12H2,1-2H3. The molecule has 5 heteroatoms. The number of aryl methyl sites for hydroxylation is 1. The summed E-state index contributed by atoms with van der Waals surface area (Å²) in [4.78, 5) is 21.5. The molecule has 1 aromatic heterocycles. The number of fused-ring (bicyclic) bond motifs is 1. The van der Waals surface area contributed by atoms with Crippen LogP contribution in [0, 0.1) is 12.8 Å². The summed E-state index contributed by atoms with van der Waals surface area (Å²) in [7, 11) is 1.73. The van der Waals surface area contributed by atoms with Crippen molar-refractivity contribution in [1.82, 2.24) is 14.8 Å². The van der Waals surface area contributed by atoms with E-state index in [4.69, 9.17) is 4.74 Å². The summed E-state index contributed by atoms with van der Waals surface area (Å²) in [6.07, 6.45) is 4.03. The molecule has 0 bridgehead atoms. The first kappa shape index (κ1) is 15.4. The van der Waals surface area contributed by atoms with Gasteiger partial charge < -0.3 is 14.5 Å². The van der Waals surface area contributed by atoms with Gasteiger partial charge in [-0.2, -0.15) is 0 Å². The summed E-state index contributed by atoms with van der Waals surface area (Å²) >= 11 is 0. The van der Waals surface area contributed by atoms with E-state index in [-0.39, 0.29) is 5.92 Å². The predicted octanol–water partition coefficient (Wildman–Crippen LogP) is 1.59. The van der Waals surface area contributed by atoms with E-state index in [2.05, 4.69) is 16.0 Å². The van der Waals surface area contributed by atoms with Crippen molar-refractivity contribution in [3.8, 4) is 0 Å². The van der Waals surface area contributed by atoms with Gasteiger partial charge in [-0.05, 0) is 43.5 Å². The predicted molar refractivity (Wildman–Crippen MR) is 84.3 cm³/mol. The largest absolute Gasteiger partial charge is 0.383 e. The van der Waals surface area contributed by atoms with Gasteiger partial charge in [0, 0.05) is 45.2 Å². The van der Waals surface area contributed by atoms with Crippen LogP contribution in [0.3, 0.4) is 0 Å². The first-order chi connectivity index (χ1) is 10.7. The highest BCUT2D eigenvalue weighted by Crippen LogP contribution is 2.26. The molecular weight excluding hydrogens is 278 g/mol. The average Bonchev–Trinajstić information content (AvgIpc) is 2.95. The Bertz CT molecular complexity index is 547. The molecule has 0 aromatic carbocycles. The number of aromatic nitrogens is 1. The number of amides is 1. The maximum absolute atomic E-state index is 12.8. The number of carbonyl (C=O) groups excluding carboxylic acids is 1. The second kappa shape index (κ2) is 6.75. The first-order valence-electron chi connectivity index (χ1n) is 8.12. The number of likely N-dealkylation sites (tertiary alicyclic amines) is 1. The third-order valence-electron chi connectivity index (χ3n) is 4.72. The summed E-state index contributed by atoms with van der Waals surface area (Å²) in [5.41, 5.74) is 3.48. The lowest BCUT2D eigenvalue weighted by atomic mass is 9.96. The lowest BCUT2D eigenvalue weighted by Gasteiger charge is -2.33. The van der Waals surface area contributed by atoms with Crippen LogP contribution in [0.15, 0.2) is 12.3 Å². The van der Waals surface area contributed by atoms with Crippen molar-refractivity contribution >= 4 is 5.91 Å². The van der Waals surface area contributed by atoms with Crippen LogP contribution in [0.5, 0.6) is 0 Å². The van der Waals surface area contributed by atoms with Gasteiger partial charge >= 0.3 is 0 Å². The minimum absolute atomic E-state index is 0.133. The van der Waals surface area contributed by atoms with Crippen LogP contribution in [0.1, 0.15) is 29.7 Å². The molecule has 1 fully saturated rings. The molecule has 1 saturated heterocycles. The van der Waals surface area contributed by atoms with Crippen LogP contribution < -0.4 is 0 Å². The van der Waals surface area contributed by atoms with E-state index in [0.29, 0.717) is 5.91 Å². The monoisotopic (exact) mass is 303 g/mol. The highest BCUT2D eigenvalue weighted by atomic mass is 16.5. The van der Waals surface area contributed by atoms with Crippen molar-refractivity contribution in [2.24, 2.45) is 5.92 Å². The second-order valence-corrected chi connectivity index (χ2v) is 6.42. The van der Waals surface area contributed by atoms with Crippen molar-refractivity contribution in [3.05, 3.63) is 29.1 Å². The molecule has 0 spiro atoms. The molecule has 0 aliphatic carbocycles. The maximum atomic E-state index is 12.8. The third kappa shape index (κ3) is 3.31. The topological polar surface area (TPSA) is 45.7 Å². The SMILES string of the molecule is COCCN1CCCC(C(=O)N2Cc3cnc(C)cc3C2)C1. The Morgan fingerprint density at radius 1 is 1.41 bits per heavy atom. The average molecular weight is 303 g/mol. The molecule has 2 aliphatic rings. The van der Waals surface area contributed by atoms with E-state index in [1.54, 1.807) is 7.11 Å². The van der Waals surface area contributed by atoms with Crippen molar-refractivity contribution in [1.29, 1.82) is 0 Å². The quantitative estimate of drug-likeness (QED) is 0.847. The Morgan fingerprint density at radius 2 is 2.23 bits per heavy atom. The summed E-state index contributed by atoms with van der Waals surface area (Å²) in [6, 6.07) is 2.11. The van der Waals surface area contributed by atoms with Crippen LogP contribution >= 0.6 is 0 Å². The fraction of sp³-hybridized carbons (Fsp3) is 0.647. The smallest absolute Gasteiger partial charge is 0.227 e. The van der Waals surface area contributed by atoms with E-state index >= 15 is 0 Å². The molecule has 3 heterocycles. The third-order valence-corrected chi connectivity index (χ3v) is 4.72. The molecule has 1 unspecified atom stereocenters. The number of carbonyl (C=O) groups is 1. The first-order valence-corrected chi connectivity index (χ1v) is 8.12. The van der Waals surface area contributed by atoms with Gasteiger partial charge in [-0.1, -0.05) is 0 Å². The number of nitrogens with zero attached hydrogens (tertiary/aromatic N) is 3. The van der Waals surface area contributed by atoms with Crippen LogP contribution in [-0.2, 0) is 22.6 Å². The Labute approximate surface area is 132 Å². The molecular formula is C17H25N3O2. The summed E-state index contributed by atoms with van der Waals surface area (Å²) < 4.78 is 5.15. The second-order valence-electron chi connectivity index (χ2n) is 6.42. The van der Waals surface area contributed by atoms with Crippen LogP contribution in [0.2, 0.25) is 0 Å². The minimum Gasteiger partial charge on any atom is -0.383 e. The van der Waals surface area contributed by atoms with E-state index < -0.39 is 0 Å². The number of methoxy groups -OCH3 is 1. The normalized spacial score (nSPS) is 21.9. The molecule has 3 rings (SSSR count). The van der Waals surface area contributed by atoms with Crippen molar-refractivity contribution < 1.29 is 9.53 Å². The van der Waals surface area contributed by atoms with Gasteiger partial charge in [0.2, 0.25) is 5.91 Å². The van der Waals surface area contributed by atoms with Gasteiger partial charge in [-0.3, -0.25) is 9.78 Å². The number of pyridine rings is 1. The molecule has 1 amide bonds. The fourth-order valence-corrected chi connectivity index (χ4v) is 3.50. The summed E-state index contributed by atoms with van der Waals surface area (Å²) in [5, 5.41) is 0. The van der Waals surface area contributed by atoms with E-state index in [9.17, 15) is 4.79 Å². The van der Waals surface area contributed by atoms with Crippen molar-refractivity contribution in [2.75, 3.05) is 33.4 Å². The fourth-order valence-electron chi connectivity index (χ4n) is 3.50. The summed E-state index contributed by atoms with van der Waals surface area (Å²) in [6.45, 7) is 7.06. The highest BCUT2D eigenvalue weighted by Gasteiger charge is 2.32. The van der Waals surface area contributed by atoms with E-state index in [1.807, 2.05) is 18.0 Å². The Kier molecular flexibility index (Phi) is 4.74. The molecule has 1 aromatic rings. The van der Waals surface area contributed by atoms with Gasteiger partial charge in [0.15, 0.2) is 0 Å². The van der Waals surface area contributed by atoms with Gasteiger partial charge in [0.1, 0.15) is 0 Å². The summed E-state index contributed by atoms with van der Waals surface area (Å²) in [5.74, 6) is 0.435. The van der Waals surface area contributed by atoms with Crippen molar-refractivity contribution in [3.63, 3.8) is 0 Å². The molecule has 22 heavy (non-hydrogen) atoms. The molecule has 0 radical (unpaired) electrons. The van der Waals surface area contributed by atoms with Crippen LogP contribution in [0.4, 0.5) is 0 Å². The van der Waals surface area contributed by atoms with Gasteiger partial charge in [0.05, 0.1) is 12.5 Å². The number of ether oxygens (including phenoxy) is 1. The van der Waals surface area contributed by atoms with Crippen LogP contribution in [-0.4, -0.2) is 54.0 Å². The number of hydrogen-bond acceptors (Lipinski definition) is 4. The van der Waals surface area contributed by atoms with Gasteiger partial charge in [0.25, 0.3) is 0 Å². The van der Waals surface area contributed by atoms with Gasteiger partial charge in [-0.25, -0.2) is 0 Å². The molecule has 2 aliphatic heterocycles. The number of piperidine rings is 1. The highest BCUT2D eigenvalue weighted by molar-refractivity contribution is 5.79. The molecule has 1 atom stereocenters. The Morgan fingerprint density at radius 3 is 3.05 bits per heavy atom. The van der Waals surface area contributed by atoms with Gasteiger partial charge in [-0.15, -0.1) is 0 Å². The van der Waals surface area contributed by atoms with Crippen molar-refractivity contribution in [2.45, 2.75) is 32.9 Å². The van der Waals surface area contributed by atoms with E-state index in [1.165, 1.54) is 11.1 Å². The lowest BCUT2D eigenvalue weighted by molar-refractivity contribution is -0.138. The Balaban J connectivity index is 1.60. The molecule has 120 valence electrons. The number of hydrogen-bond donors (Lipinski definition) is 0. The zero-order valence-corrected chi connectivity index (χ0v) is 13.5. The zero-order valence-electron chi connectivity index (χ0n) is 13.5. The Hall–Kier alpha value is -1.46. The molecule has 5 nitrogen and oxygen atoms in total. The molecule has 0 N–H and O–H groups in total. The maximum Gasteiger partial charge on any atom is 0.227 e. The number of rotatable bonds is 4. The minimum atomic E-state index is 0.133. The zero-order chi connectivity index (χ0) is 15.5. The lowest BCUT2D eigenvalue weighted by Crippen LogP contribution is -2.44.